The lowest BCUT2D eigenvalue weighted by Crippen LogP contribution is -2.71. The number of aryl methyl sites for hydroxylation is 8. The molecule has 0 aliphatic heterocycles. The van der Waals surface area contributed by atoms with Gasteiger partial charge in [0.2, 0.25) is 0 Å². The monoisotopic (exact) mass is 782 g/mol. The number of hydrogen-bond acceptors (Lipinski definition) is 0. The molecule has 4 aromatic rings. The van der Waals surface area contributed by atoms with Crippen LogP contribution in [-0.4, -0.2) is 0 Å². The van der Waals surface area contributed by atoms with Gasteiger partial charge in [0.15, 0.2) is 0 Å². The Morgan fingerprint density at radius 3 is 1.23 bits per heavy atom. The van der Waals surface area contributed by atoms with Crippen molar-refractivity contribution in [1.29, 1.82) is 0 Å². The van der Waals surface area contributed by atoms with E-state index in [4.69, 9.17) is 25.7 Å². The summed E-state index contributed by atoms with van der Waals surface area (Å²) in [6.07, 6.45) is 38.2. The first-order chi connectivity index (χ1) is 28.7. The minimum absolute atomic E-state index is 0.0970. The van der Waals surface area contributed by atoms with Gasteiger partial charge in [-0.2, -0.15) is 0 Å². The van der Waals surface area contributed by atoms with Crippen molar-refractivity contribution in [2.45, 2.75) is 136 Å². The first-order valence-corrected chi connectivity index (χ1v) is 23.0. The van der Waals surface area contributed by atoms with Gasteiger partial charge in [0.25, 0.3) is 0 Å². The maximum absolute atomic E-state index is 6.77. The zero-order valence-electron chi connectivity index (χ0n) is 37.4. The molecule has 8 bridgehead atoms. The molecule has 0 heterocycles. The van der Waals surface area contributed by atoms with Gasteiger partial charge in [0.05, 0.1) is 0 Å². The third-order valence-corrected chi connectivity index (χ3v) is 18.0. The van der Waals surface area contributed by atoms with Crippen LogP contribution in [0.2, 0.25) is 0 Å². The lowest BCUT2D eigenvalue weighted by atomic mass is 9.24. The molecule has 8 saturated carbocycles. The second kappa shape index (κ2) is 13.6. The maximum atomic E-state index is 6.77. The van der Waals surface area contributed by atoms with Crippen molar-refractivity contribution in [2.75, 3.05) is 0 Å². The van der Waals surface area contributed by atoms with E-state index >= 15 is 0 Å². The van der Waals surface area contributed by atoms with E-state index in [9.17, 15) is 0 Å². The normalized spacial score (nSPS) is 34.2. The Kier molecular flexibility index (Phi) is 8.87. The SMILES string of the molecule is C#Cc1c(C)cc(C)cc1C1C2CC3(c4cc(C)cc(C)c4C#C)CC1C(c1cc(C)cc(C)c1C#C)C(C14CC5CC(CC(C5)C1)C4)(C3)C2c1cc(C)cc(C)c1C#C. The second-order valence-corrected chi connectivity index (χ2v) is 21.6. The Morgan fingerprint density at radius 1 is 0.450 bits per heavy atom. The first-order valence-electron chi connectivity index (χ1n) is 23.0. The van der Waals surface area contributed by atoms with Crippen molar-refractivity contribution < 1.29 is 0 Å². The van der Waals surface area contributed by atoms with Crippen LogP contribution in [0.25, 0.3) is 0 Å². The van der Waals surface area contributed by atoms with Crippen molar-refractivity contribution in [1.82, 2.24) is 0 Å². The summed E-state index contributed by atoms with van der Waals surface area (Å²) in [7, 11) is 0. The molecular weight excluding hydrogens is 721 g/mol. The van der Waals surface area contributed by atoms with E-state index in [0.29, 0.717) is 11.8 Å². The fourth-order valence-electron chi connectivity index (χ4n) is 17.3. The predicted octanol–water partition coefficient (Wildman–Crippen LogP) is 13.3. The molecule has 302 valence electrons. The number of hydrogen-bond donors (Lipinski definition) is 0. The quantitative estimate of drug-likeness (QED) is 0.177. The summed E-state index contributed by atoms with van der Waals surface area (Å²) in [5, 5.41) is 0. The van der Waals surface area contributed by atoms with Crippen LogP contribution in [0.5, 0.6) is 0 Å². The number of rotatable bonds is 5. The molecule has 0 N–H and O–H groups in total. The van der Waals surface area contributed by atoms with Crippen molar-refractivity contribution in [3.05, 3.63) is 138 Å². The summed E-state index contributed by atoms with van der Waals surface area (Å²) >= 11 is 0. The van der Waals surface area contributed by atoms with Crippen molar-refractivity contribution in [3.63, 3.8) is 0 Å². The molecule has 0 saturated heterocycles. The van der Waals surface area contributed by atoms with Crippen LogP contribution < -0.4 is 0 Å². The largest absolute Gasteiger partial charge is 0.115 e. The molecule has 8 fully saturated rings. The lowest BCUT2D eigenvalue weighted by Gasteiger charge is -2.79. The molecule has 0 heteroatoms. The van der Waals surface area contributed by atoms with Crippen molar-refractivity contribution >= 4 is 0 Å². The Balaban J connectivity index is 1.41. The van der Waals surface area contributed by atoms with Crippen LogP contribution in [0, 0.1) is 145 Å². The summed E-state index contributed by atoms with van der Waals surface area (Å²) in [6.45, 7) is 18.1. The molecular formula is C60H62. The van der Waals surface area contributed by atoms with Gasteiger partial charge < -0.3 is 0 Å². The highest BCUT2D eigenvalue weighted by molar-refractivity contribution is 5.61. The summed E-state index contributed by atoms with van der Waals surface area (Å²) in [5.74, 6) is 16.9. The fraction of sp³-hybridized carbons (Fsp3) is 0.467. The zero-order valence-corrected chi connectivity index (χ0v) is 37.4. The third-order valence-electron chi connectivity index (χ3n) is 18.0. The van der Waals surface area contributed by atoms with Gasteiger partial charge in [-0.05, 0) is 221 Å². The highest BCUT2D eigenvalue weighted by Crippen LogP contribution is 2.86. The average Bonchev–Trinajstić information content (AvgIpc) is 3.16. The molecule has 0 spiro atoms. The van der Waals surface area contributed by atoms with Crippen molar-refractivity contribution in [3.8, 4) is 49.4 Å². The van der Waals surface area contributed by atoms with E-state index in [1.54, 1.807) is 0 Å². The molecule has 4 aromatic carbocycles. The average molecular weight is 783 g/mol. The summed E-state index contributed by atoms with van der Waals surface area (Å²) in [4.78, 5) is 0. The van der Waals surface area contributed by atoms with Gasteiger partial charge >= 0.3 is 0 Å². The topological polar surface area (TPSA) is 0 Å². The molecule has 0 nitrogen and oxygen atoms in total. The number of terminal acetylenes is 4. The molecule has 8 aliphatic carbocycles. The van der Waals surface area contributed by atoms with E-state index in [1.807, 2.05) is 0 Å². The third kappa shape index (κ3) is 5.29. The smallest absolute Gasteiger partial charge is 0.0309 e. The van der Waals surface area contributed by atoms with Crippen LogP contribution in [0.15, 0.2) is 48.5 Å². The minimum atomic E-state index is -0.123. The predicted molar refractivity (Wildman–Crippen MR) is 249 cm³/mol. The van der Waals surface area contributed by atoms with Crippen LogP contribution in [-0.2, 0) is 5.41 Å². The Bertz CT molecular complexity index is 2560. The molecule has 0 amide bonds. The summed E-state index contributed by atoms with van der Waals surface area (Å²) in [5.41, 5.74) is 20.0. The molecule has 0 aromatic heterocycles. The summed E-state index contributed by atoms with van der Waals surface area (Å²) < 4.78 is 0. The van der Waals surface area contributed by atoms with Crippen LogP contribution in [0.4, 0.5) is 0 Å². The van der Waals surface area contributed by atoms with E-state index in [-0.39, 0.29) is 34.0 Å². The van der Waals surface area contributed by atoms with Gasteiger partial charge in [-0.1, -0.05) is 94.5 Å². The molecule has 60 heavy (non-hydrogen) atoms. The Labute approximate surface area is 362 Å². The standard InChI is InChI=1S/C60H62/c1-13-45-38(9)17-34(5)21-49(45)55-52-31-58(54-24-37(8)20-41(12)48(54)16-4)32-53(55)57(51-23-36(7)19-40(11)47(51)15-3)60(33-58,56(52)50-22-35(6)18-39(10)46(50)14-2)59-28-42-25-43(29-59)27-44(26-42)30-59/h1-4,17-24,42-44,52-53,55-57H,25-33H2,5-12H3. The Hall–Kier alpha value is -4.88. The van der Waals surface area contributed by atoms with E-state index in [2.05, 4.69) is 128 Å². The highest BCUT2D eigenvalue weighted by atomic mass is 14.8. The second-order valence-electron chi connectivity index (χ2n) is 21.6. The molecule has 4 atom stereocenters. The number of benzene rings is 4. The first kappa shape index (κ1) is 39.3. The van der Waals surface area contributed by atoms with Gasteiger partial charge in [-0.25, -0.2) is 0 Å². The van der Waals surface area contributed by atoms with Gasteiger partial charge in [0, 0.05) is 22.3 Å². The molecule has 0 radical (unpaired) electrons. The highest BCUT2D eigenvalue weighted by Gasteiger charge is 2.77. The molecule has 4 unspecified atom stereocenters. The van der Waals surface area contributed by atoms with Crippen LogP contribution in [0.3, 0.4) is 0 Å². The van der Waals surface area contributed by atoms with E-state index in [1.165, 1.54) is 105 Å². The van der Waals surface area contributed by atoms with E-state index < -0.39 is 0 Å². The Morgan fingerprint density at radius 2 is 0.817 bits per heavy atom. The minimum Gasteiger partial charge on any atom is -0.115 e. The van der Waals surface area contributed by atoms with Gasteiger partial charge in [-0.15, -0.1) is 25.7 Å². The van der Waals surface area contributed by atoms with Crippen LogP contribution >= 0.6 is 0 Å². The fourth-order valence-corrected chi connectivity index (χ4v) is 17.3. The lowest BCUT2D eigenvalue weighted by molar-refractivity contribution is -0.237. The van der Waals surface area contributed by atoms with Gasteiger partial charge in [-0.3, -0.25) is 0 Å². The van der Waals surface area contributed by atoms with Crippen LogP contribution in [0.1, 0.15) is 165 Å². The maximum Gasteiger partial charge on any atom is 0.0309 e. The van der Waals surface area contributed by atoms with Gasteiger partial charge in [0.1, 0.15) is 0 Å². The molecule has 12 rings (SSSR count). The molecule has 8 aliphatic rings. The zero-order chi connectivity index (χ0) is 42.2. The summed E-state index contributed by atoms with van der Waals surface area (Å²) in [6, 6.07) is 19.3. The van der Waals surface area contributed by atoms with E-state index in [0.717, 1.165) is 59.3 Å². The van der Waals surface area contributed by atoms with Crippen molar-refractivity contribution in [2.24, 2.45) is 40.4 Å².